The van der Waals surface area contributed by atoms with Gasteiger partial charge in [-0.05, 0) is 46.5 Å². The first-order chi connectivity index (χ1) is 30.8. The van der Waals surface area contributed by atoms with Gasteiger partial charge >= 0.3 is 12.0 Å². The van der Waals surface area contributed by atoms with Gasteiger partial charge < -0.3 is 81.3 Å². The van der Waals surface area contributed by atoms with Crippen molar-refractivity contribution in [3.8, 4) is 0 Å². The summed E-state index contributed by atoms with van der Waals surface area (Å²) < 4.78 is 23.4. The van der Waals surface area contributed by atoms with Gasteiger partial charge in [-0.25, -0.2) is 4.79 Å². The molecule has 0 aromatic rings. The molecule has 2 rings (SSSR count). The Morgan fingerprint density at radius 3 is 2.03 bits per heavy atom. The van der Waals surface area contributed by atoms with Gasteiger partial charge in [0.1, 0.15) is 12.2 Å². The number of aliphatic hydroxyl groups is 9. The minimum atomic E-state index is -1.95. The number of allylic oxidation sites excluding steroid dienone is 13. The molecule has 0 aromatic carbocycles. The molecule has 0 radical (unpaired) electrons. The second-order valence-electron chi connectivity index (χ2n) is 16.9. The van der Waals surface area contributed by atoms with Crippen LogP contribution < -0.4 is 16.4 Å². The summed E-state index contributed by atoms with van der Waals surface area (Å²) in [6.07, 6.45) is 10.8. The maximum atomic E-state index is 12.5. The number of carbonyl (C=O) groups excluding carboxylic acids is 2. The fraction of sp³-hybridized carbons (Fsp3) is 0.660. The van der Waals surface area contributed by atoms with Gasteiger partial charge in [-0.2, -0.15) is 0 Å². The van der Waals surface area contributed by atoms with Crippen LogP contribution in [0.1, 0.15) is 85.5 Å². The second kappa shape index (κ2) is 30.6. The van der Waals surface area contributed by atoms with E-state index >= 15 is 0 Å². The monoisotopic (exact) mass is 924 g/mol. The minimum absolute atomic E-state index is 0.00878. The van der Waals surface area contributed by atoms with Crippen LogP contribution in [0.4, 0.5) is 4.79 Å². The van der Waals surface area contributed by atoms with Crippen molar-refractivity contribution in [3.05, 3.63) is 85.1 Å². The van der Waals surface area contributed by atoms with Gasteiger partial charge in [0.15, 0.2) is 12.1 Å². The number of nitrogens with one attached hydrogen (secondary N) is 2. The molecule has 370 valence electrons. The Labute approximate surface area is 383 Å². The Morgan fingerprint density at radius 2 is 1.45 bits per heavy atom. The first kappa shape index (κ1) is 57.5. The largest absolute Gasteiger partial charge is 0.462 e. The number of aliphatic hydroxyl groups excluding tert-OH is 8. The van der Waals surface area contributed by atoms with Crippen molar-refractivity contribution in [2.75, 3.05) is 13.7 Å². The highest BCUT2D eigenvalue weighted by Gasteiger charge is 2.45. The van der Waals surface area contributed by atoms with Gasteiger partial charge in [-0.1, -0.05) is 92.0 Å². The van der Waals surface area contributed by atoms with E-state index in [-0.39, 0.29) is 70.3 Å². The van der Waals surface area contributed by atoms with Crippen molar-refractivity contribution in [2.24, 2.45) is 11.7 Å². The Balaban J connectivity index is 2.13. The number of esters is 1. The third-order valence-corrected chi connectivity index (χ3v) is 11.3. The molecule has 5 unspecified atom stereocenters. The van der Waals surface area contributed by atoms with Crippen LogP contribution in [-0.2, 0) is 23.7 Å². The molecule has 18 heteroatoms. The van der Waals surface area contributed by atoms with Crippen molar-refractivity contribution in [1.29, 1.82) is 0 Å². The molecule has 0 saturated carbocycles. The maximum Gasteiger partial charge on any atom is 0.314 e. The first-order valence-corrected chi connectivity index (χ1v) is 22.5. The lowest BCUT2D eigenvalue weighted by atomic mass is 9.89. The number of hydrogen-bond acceptors (Lipinski definition) is 16. The number of ether oxygens (including phenoxy) is 4. The number of nitrogens with two attached hydrogens (primary N) is 1. The highest BCUT2D eigenvalue weighted by molar-refractivity contribution is 5.73. The number of rotatable bonds is 27. The Kier molecular flexibility index (Phi) is 27.1. The van der Waals surface area contributed by atoms with E-state index in [0.29, 0.717) is 0 Å². The topological polar surface area (TPSA) is 303 Å². The predicted octanol–water partition coefficient (Wildman–Crippen LogP) is 1.34. The third-order valence-electron chi connectivity index (χ3n) is 11.3. The molecule has 0 aliphatic carbocycles. The van der Waals surface area contributed by atoms with Gasteiger partial charge in [0.2, 0.25) is 0 Å². The average Bonchev–Trinajstić information content (AvgIpc) is 3.25. The van der Waals surface area contributed by atoms with Crippen LogP contribution in [-0.4, -0.2) is 163 Å². The van der Waals surface area contributed by atoms with Crippen LogP contribution in [0.15, 0.2) is 85.1 Å². The van der Waals surface area contributed by atoms with Gasteiger partial charge in [0.05, 0.1) is 73.4 Å². The van der Waals surface area contributed by atoms with Crippen molar-refractivity contribution in [2.45, 2.75) is 177 Å². The standard InChI is InChI=1S/C47H77N3O15/c1-6-7-8-9-10-11-12-13-14-15-16-17-18-19-36(64-45-44(59)42(48)43(58)32(4)63-45)27-40-37(50-46(60)49-5)22-23-47(61,65-40)28-35(54)25-39(56)38(55)21-20-33(52)24-34(53)26-41(57)62-31(3)30(2)29-51/h6-19,30-40,42-45,51-56,58-59,61H,20-29,48H2,1-5H3,(H2,49,50,60)/b7-6+,9-8+,11-10+,13-12+,15-14+,17-16+,19-18+/t30-,31+,32?,33-,34-,35+,36+,37-,38-,39-,40+,42?,43?,44?,45?,47+/m1/s1. The van der Waals surface area contributed by atoms with Gasteiger partial charge in [-0.15, -0.1) is 0 Å². The minimum Gasteiger partial charge on any atom is -0.462 e. The predicted molar refractivity (Wildman–Crippen MR) is 243 cm³/mol. The van der Waals surface area contributed by atoms with Gasteiger partial charge in [-0.3, -0.25) is 4.79 Å². The van der Waals surface area contributed by atoms with Crippen LogP contribution in [0.2, 0.25) is 0 Å². The summed E-state index contributed by atoms with van der Waals surface area (Å²) in [6.45, 7) is 6.68. The number of hydrogen-bond donors (Lipinski definition) is 12. The number of urea groups is 1. The van der Waals surface area contributed by atoms with Crippen molar-refractivity contribution in [3.63, 3.8) is 0 Å². The molecule has 2 heterocycles. The van der Waals surface area contributed by atoms with E-state index in [1.807, 2.05) is 67.7 Å². The van der Waals surface area contributed by atoms with Crippen molar-refractivity contribution >= 4 is 12.0 Å². The van der Waals surface area contributed by atoms with E-state index in [9.17, 15) is 55.5 Å². The average molecular weight is 924 g/mol. The first-order valence-electron chi connectivity index (χ1n) is 22.5. The van der Waals surface area contributed by atoms with Crippen LogP contribution in [0.3, 0.4) is 0 Å². The second-order valence-corrected chi connectivity index (χ2v) is 16.9. The smallest absolute Gasteiger partial charge is 0.314 e. The Hall–Kier alpha value is -3.60. The molecule has 13 N–H and O–H groups in total. The summed E-state index contributed by atoms with van der Waals surface area (Å²) >= 11 is 0. The van der Waals surface area contributed by atoms with E-state index in [0.717, 1.165) is 0 Å². The lowest BCUT2D eigenvalue weighted by Crippen LogP contribution is -2.61. The van der Waals surface area contributed by atoms with Crippen molar-refractivity contribution < 1.29 is 74.5 Å². The normalized spacial score (nSPS) is 29.5. The molecule has 0 spiro atoms. The van der Waals surface area contributed by atoms with E-state index < -0.39 is 103 Å². The van der Waals surface area contributed by atoms with Gasteiger partial charge in [0, 0.05) is 45.3 Å². The molecule has 18 nitrogen and oxygen atoms in total. The lowest BCUT2D eigenvalue weighted by Gasteiger charge is -2.44. The molecule has 0 bridgehead atoms. The molecule has 0 aromatic heterocycles. The summed E-state index contributed by atoms with van der Waals surface area (Å²) in [5.41, 5.74) is 6.08. The van der Waals surface area contributed by atoms with E-state index in [2.05, 4.69) is 10.6 Å². The molecule has 2 saturated heterocycles. The van der Waals surface area contributed by atoms with E-state index in [4.69, 9.17) is 24.7 Å². The van der Waals surface area contributed by atoms with Crippen LogP contribution in [0, 0.1) is 5.92 Å². The Morgan fingerprint density at radius 1 is 0.846 bits per heavy atom. The molecule has 2 aliphatic heterocycles. The molecule has 16 atom stereocenters. The summed E-state index contributed by atoms with van der Waals surface area (Å²) in [4.78, 5) is 24.6. The zero-order valence-corrected chi connectivity index (χ0v) is 38.4. The van der Waals surface area contributed by atoms with Crippen LogP contribution >= 0.6 is 0 Å². The highest BCUT2D eigenvalue weighted by Crippen LogP contribution is 2.35. The molecular weight excluding hydrogens is 847 g/mol. The maximum absolute atomic E-state index is 12.5. The molecule has 2 amide bonds. The van der Waals surface area contributed by atoms with Gasteiger partial charge in [0.25, 0.3) is 0 Å². The summed E-state index contributed by atoms with van der Waals surface area (Å²) in [5, 5.41) is 101. The van der Waals surface area contributed by atoms with E-state index in [1.54, 1.807) is 45.1 Å². The molecule has 2 fully saturated rings. The van der Waals surface area contributed by atoms with E-state index in [1.165, 1.54) is 7.05 Å². The Bertz CT molecular complexity index is 1590. The zero-order valence-electron chi connectivity index (χ0n) is 38.4. The quantitative estimate of drug-likeness (QED) is 0.0409. The molecular formula is C47H77N3O15. The summed E-state index contributed by atoms with van der Waals surface area (Å²) in [7, 11) is 1.44. The van der Waals surface area contributed by atoms with Crippen LogP contribution in [0.25, 0.3) is 0 Å². The molecule has 65 heavy (non-hydrogen) atoms. The lowest BCUT2D eigenvalue weighted by molar-refractivity contribution is -0.292. The number of carbonyl (C=O) groups is 2. The fourth-order valence-corrected chi connectivity index (χ4v) is 7.13. The highest BCUT2D eigenvalue weighted by atomic mass is 16.7. The summed E-state index contributed by atoms with van der Waals surface area (Å²) in [6, 6.07) is -2.24. The zero-order chi connectivity index (χ0) is 48.5. The summed E-state index contributed by atoms with van der Waals surface area (Å²) in [5.74, 6) is -2.94. The van der Waals surface area contributed by atoms with Crippen LogP contribution in [0.5, 0.6) is 0 Å². The third kappa shape index (κ3) is 22.2. The SMILES string of the molecule is C/C=C/C=C/C=C/C=C/C=C/C=C/C=C/[C@@H](C[C@@H]1O[C@](O)(C[C@@H](O)C[C@@H](O)[C@H](O)CC[C@@H](O)C[C@@H](O)CC(=O)O[C@@H](C)[C@H](C)CO)CC[C@H]1NC(=O)NC)OC1OC(C)C(O)C(N)C1O. The molecule has 2 aliphatic rings. The number of amides is 2. The fourth-order valence-electron chi connectivity index (χ4n) is 7.13. The van der Waals surface area contributed by atoms with Crippen molar-refractivity contribution in [1.82, 2.24) is 10.6 Å².